The SMILES string of the molecule is CC(C)(NCCOc1ccc([N+](=O)[O-])cc1)c1nccs1. The maximum Gasteiger partial charge on any atom is 0.269 e. The molecule has 0 aliphatic carbocycles. The molecule has 0 atom stereocenters. The van der Waals surface area contributed by atoms with Crippen LogP contribution in [0, 0.1) is 10.1 Å². The summed E-state index contributed by atoms with van der Waals surface area (Å²) in [7, 11) is 0. The second-order valence-corrected chi connectivity index (χ2v) is 5.88. The van der Waals surface area contributed by atoms with Crippen LogP contribution in [0.15, 0.2) is 35.8 Å². The van der Waals surface area contributed by atoms with Gasteiger partial charge in [0.1, 0.15) is 17.4 Å². The Labute approximate surface area is 126 Å². The van der Waals surface area contributed by atoms with E-state index in [1.807, 2.05) is 5.38 Å². The number of rotatable bonds is 7. The van der Waals surface area contributed by atoms with E-state index in [0.717, 1.165) is 5.01 Å². The van der Waals surface area contributed by atoms with E-state index >= 15 is 0 Å². The Morgan fingerprint density at radius 1 is 1.38 bits per heavy atom. The predicted molar refractivity (Wildman–Crippen MR) is 81.7 cm³/mol. The summed E-state index contributed by atoms with van der Waals surface area (Å²) in [6.07, 6.45) is 1.79. The molecule has 6 nitrogen and oxygen atoms in total. The number of aromatic nitrogens is 1. The van der Waals surface area contributed by atoms with Gasteiger partial charge in [-0.3, -0.25) is 10.1 Å². The fraction of sp³-hybridized carbons (Fsp3) is 0.357. The van der Waals surface area contributed by atoms with Gasteiger partial charge < -0.3 is 10.1 Å². The quantitative estimate of drug-likeness (QED) is 0.483. The van der Waals surface area contributed by atoms with E-state index in [2.05, 4.69) is 24.1 Å². The fourth-order valence-corrected chi connectivity index (χ4v) is 2.54. The third-order valence-corrected chi connectivity index (χ3v) is 4.05. The number of hydrogen-bond donors (Lipinski definition) is 1. The van der Waals surface area contributed by atoms with Crippen molar-refractivity contribution in [1.82, 2.24) is 10.3 Å². The molecule has 2 aromatic rings. The summed E-state index contributed by atoms with van der Waals surface area (Å²) in [5.74, 6) is 0.620. The van der Waals surface area contributed by atoms with Gasteiger partial charge in [-0.15, -0.1) is 11.3 Å². The lowest BCUT2D eigenvalue weighted by atomic mass is 10.1. The summed E-state index contributed by atoms with van der Waals surface area (Å²) in [6, 6.07) is 6.07. The zero-order valence-corrected chi connectivity index (χ0v) is 12.7. The fourth-order valence-electron chi connectivity index (χ4n) is 1.80. The zero-order valence-electron chi connectivity index (χ0n) is 11.9. The summed E-state index contributed by atoms with van der Waals surface area (Å²) in [6.45, 7) is 5.27. The van der Waals surface area contributed by atoms with Crippen LogP contribution in [0.3, 0.4) is 0 Å². The molecule has 0 unspecified atom stereocenters. The normalized spacial score (nSPS) is 11.3. The highest BCUT2D eigenvalue weighted by molar-refractivity contribution is 7.09. The molecule has 0 amide bonds. The topological polar surface area (TPSA) is 77.3 Å². The van der Waals surface area contributed by atoms with Gasteiger partial charge in [0, 0.05) is 30.3 Å². The number of nitrogens with zero attached hydrogens (tertiary/aromatic N) is 2. The number of hydrogen-bond acceptors (Lipinski definition) is 6. The van der Waals surface area contributed by atoms with Crippen molar-refractivity contribution < 1.29 is 9.66 Å². The lowest BCUT2D eigenvalue weighted by molar-refractivity contribution is -0.384. The van der Waals surface area contributed by atoms with E-state index in [4.69, 9.17) is 4.74 Å². The van der Waals surface area contributed by atoms with Gasteiger partial charge in [0.15, 0.2) is 0 Å². The average Bonchev–Trinajstić information content (AvgIpc) is 2.99. The number of non-ortho nitro benzene ring substituents is 1. The zero-order chi connectivity index (χ0) is 15.3. The lowest BCUT2D eigenvalue weighted by Gasteiger charge is -2.23. The highest BCUT2D eigenvalue weighted by Crippen LogP contribution is 2.21. The van der Waals surface area contributed by atoms with E-state index in [1.54, 1.807) is 29.7 Å². The molecule has 112 valence electrons. The first kappa shape index (κ1) is 15.4. The van der Waals surface area contributed by atoms with Gasteiger partial charge in [0.25, 0.3) is 5.69 Å². The third-order valence-electron chi connectivity index (χ3n) is 2.95. The lowest BCUT2D eigenvalue weighted by Crippen LogP contribution is -2.38. The van der Waals surface area contributed by atoms with Crippen molar-refractivity contribution in [2.24, 2.45) is 0 Å². The standard InChI is InChI=1S/C14H17N3O3S/c1-14(2,13-15-8-10-21-13)16-7-9-20-12-5-3-11(4-6-12)17(18)19/h3-6,8,10,16H,7,9H2,1-2H3. The minimum absolute atomic E-state index is 0.0605. The maximum atomic E-state index is 10.5. The molecule has 0 aliphatic rings. The smallest absolute Gasteiger partial charge is 0.269 e. The average molecular weight is 307 g/mol. The van der Waals surface area contributed by atoms with Gasteiger partial charge in [-0.05, 0) is 26.0 Å². The Morgan fingerprint density at radius 2 is 2.10 bits per heavy atom. The highest BCUT2D eigenvalue weighted by atomic mass is 32.1. The third kappa shape index (κ3) is 4.24. The van der Waals surface area contributed by atoms with Crippen LogP contribution in [-0.2, 0) is 5.54 Å². The molecule has 2 rings (SSSR count). The molecule has 1 aromatic heterocycles. The van der Waals surface area contributed by atoms with Crippen molar-refractivity contribution in [3.05, 3.63) is 51.0 Å². The van der Waals surface area contributed by atoms with Crippen LogP contribution in [-0.4, -0.2) is 23.1 Å². The van der Waals surface area contributed by atoms with Crippen LogP contribution in [0.1, 0.15) is 18.9 Å². The van der Waals surface area contributed by atoms with Crippen molar-refractivity contribution >= 4 is 17.0 Å². The second kappa shape index (κ2) is 6.64. The van der Waals surface area contributed by atoms with Crippen molar-refractivity contribution in [2.75, 3.05) is 13.2 Å². The molecule has 0 spiro atoms. The van der Waals surface area contributed by atoms with Gasteiger partial charge in [0.05, 0.1) is 10.5 Å². The summed E-state index contributed by atoms with van der Waals surface area (Å²) >= 11 is 1.61. The van der Waals surface area contributed by atoms with Crippen LogP contribution in [0.5, 0.6) is 5.75 Å². The maximum absolute atomic E-state index is 10.5. The number of ether oxygens (including phenoxy) is 1. The predicted octanol–water partition coefficient (Wildman–Crippen LogP) is 2.96. The molecule has 0 bridgehead atoms. The van der Waals surface area contributed by atoms with Crippen molar-refractivity contribution in [2.45, 2.75) is 19.4 Å². The Morgan fingerprint density at radius 3 is 2.67 bits per heavy atom. The molecule has 7 heteroatoms. The first-order valence-electron chi connectivity index (χ1n) is 6.51. The molecule has 0 aliphatic heterocycles. The number of benzene rings is 1. The van der Waals surface area contributed by atoms with Gasteiger partial charge in [-0.25, -0.2) is 4.98 Å². The monoisotopic (exact) mass is 307 g/mol. The van der Waals surface area contributed by atoms with Crippen LogP contribution in [0.25, 0.3) is 0 Å². The molecular formula is C14H17N3O3S. The number of nitro benzene ring substituents is 1. The Balaban J connectivity index is 1.78. The van der Waals surface area contributed by atoms with E-state index in [0.29, 0.717) is 18.9 Å². The molecule has 0 saturated carbocycles. The van der Waals surface area contributed by atoms with Gasteiger partial charge in [0.2, 0.25) is 0 Å². The molecule has 0 radical (unpaired) electrons. The van der Waals surface area contributed by atoms with Gasteiger partial charge in [-0.1, -0.05) is 0 Å². The van der Waals surface area contributed by atoms with E-state index in [9.17, 15) is 10.1 Å². The summed E-state index contributed by atoms with van der Waals surface area (Å²) in [4.78, 5) is 14.4. The minimum atomic E-state index is -0.429. The van der Waals surface area contributed by atoms with Crippen LogP contribution < -0.4 is 10.1 Å². The van der Waals surface area contributed by atoms with Gasteiger partial charge in [-0.2, -0.15) is 0 Å². The highest BCUT2D eigenvalue weighted by Gasteiger charge is 2.21. The molecule has 1 N–H and O–H groups in total. The second-order valence-electron chi connectivity index (χ2n) is 4.99. The first-order valence-corrected chi connectivity index (χ1v) is 7.39. The van der Waals surface area contributed by atoms with Crippen molar-refractivity contribution in [1.29, 1.82) is 0 Å². The minimum Gasteiger partial charge on any atom is -0.492 e. The Kier molecular flexibility index (Phi) is 4.87. The van der Waals surface area contributed by atoms with Crippen LogP contribution in [0.2, 0.25) is 0 Å². The number of thiazole rings is 1. The molecule has 1 heterocycles. The van der Waals surface area contributed by atoms with E-state index in [1.165, 1.54) is 12.1 Å². The van der Waals surface area contributed by atoms with Crippen LogP contribution >= 0.6 is 11.3 Å². The Hall–Kier alpha value is -1.99. The van der Waals surface area contributed by atoms with Crippen LogP contribution in [0.4, 0.5) is 5.69 Å². The Bertz CT molecular complexity index is 582. The summed E-state index contributed by atoms with van der Waals surface area (Å²) < 4.78 is 5.55. The largest absolute Gasteiger partial charge is 0.492 e. The number of nitro groups is 1. The van der Waals surface area contributed by atoms with E-state index in [-0.39, 0.29) is 11.2 Å². The molecule has 0 saturated heterocycles. The van der Waals surface area contributed by atoms with Crippen molar-refractivity contribution in [3.63, 3.8) is 0 Å². The van der Waals surface area contributed by atoms with Crippen molar-refractivity contribution in [3.8, 4) is 5.75 Å². The molecule has 0 fully saturated rings. The molecular weight excluding hydrogens is 290 g/mol. The first-order chi connectivity index (χ1) is 9.99. The molecule has 1 aromatic carbocycles. The van der Waals surface area contributed by atoms with Gasteiger partial charge >= 0.3 is 0 Å². The summed E-state index contributed by atoms with van der Waals surface area (Å²) in [5, 5.41) is 16.9. The number of nitrogens with one attached hydrogen (secondary N) is 1. The molecule has 21 heavy (non-hydrogen) atoms. The van der Waals surface area contributed by atoms with E-state index < -0.39 is 4.92 Å². The summed E-state index contributed by atoms with van der Waals surface area (Å²) in [5.41, 5.74) is -0.141.